The van der Waals surface area contributed by atoms with Gasteiger partial charge in [-0.1, -0.05) is 25.7 Å². The average Bonchev–Trinajstić information content (AvgIpc) is 3.13. The van der Waals surface area contributed by atoms with Crippen LogP contribution in [0.15, 0.2) is 12.1 Å². The smallest absolute Gasteiger partial charge is 0.324 e. The maximum absolute atomic E-state index is 10.4. The van der Waals surface area contributed by atoms with Crippen molar-refractivity contribution in [2.75, 3.05) is 7.05 Å². The number of non-ortho nitro benzene ring substituents is 1. The standard InChI is InChI=1S/C9H17N.C6H3N3O7/c1-10-8-6-4-2-3-5-7-9(8)10;10-6-4(8(13)14)1-3(7(11)12)2-5(6)9(15)16/h8-9H,2-7H2,1H3;1-2,10H. The van der Waals surface area contributed by atoms with Crippen LogP contribution in [0.2, 0.25) is 0 Å². The fourth-order valence-electron chi connectivity index (χ4n) is 3.30. The van der Waals surface area contributed by atoms with Gasteiger partial charge in [0.2, 0.25) is 0 Å². The van der Waals surface area contributed by atoms with E-state index in [0.29, 0.717) is 12.1 Å². The van der Waals surface area contributed by atoms with E-state index in [0.717, 1.165) is 12.1 Å². The van der Waals surface area contributed by atoms with E-state index in [-0.39, 0.29) is 0 Å². The minimum Gasteiger partial charge on any atom is -0.497 e. The topological polar surface area (TPSA) is 153 Å². The van der Waals surface area contributed by atoms with Crippen molar-refractivity contribution in [1.29, 1.82) is 0 Å². The summed E-state index contributed by atoms with van der Waals surface area (Å²) in [6, 6.07) is 2.87. The van der Waals surface area contributed by atoms with Crippen LogP contribution in [0, 0.1) is 30.3 Å². The molecular formula is C15H20N4O7. The Kier molecular flexibility index (Phi) is 6.03. The number of phenols is 1. The van der Waals surface area contributed by atoms with Gasteiger partial charge in [-0.25, -0.2) is 0 Å². The van der Waals surface area contributed by atoms with Gasteiger partial charge >= 0.3 is 11.4 Å². The van der Waals surface area contributed by atoms with Crippen LogP contribution in [-0.4, -0.2) is 43.9 Å². The Morgan fingerprint density at radius 2 is 1.31 bits per heavy atom. The number of likely N-dealkylation sites (N-methyl/N-ethyl adjacent to an activating group) is 1. The van der Waals surface area contributed by atoms with Crippen LogP contribution in [-0.2, 0) is 0 Å². The summed E-state index contributed by atoms with van der Waals surface area (Å²) in [5.74, 6) is -1.21. The predicted octanol–water partition coefficient (Wildman–Crippen LogP) is 3.14. The van der Waals surface area contributed by atoms with Crippen molar-refractivity contribution in [3.05, 3.63) is 42.5 Å². The van der Waals surface area contributed by atoms with Gasteiger partial charge in [0.15, 0.2) is 0 Å². The number of benzene rings is 1. The number of hydrogen-bond donors (Lipinski definition) is 1. The Hall–Kier alpha value is -2.82. The second-order valence-corrected chi connectivity index (χ2v) is 6.40. The number of nitro benzene ring substituents is 3. The fourth-order valence-corrected chi connectivity index (χ4v) is 3.30. The van der Waals surface area contributed by atoms with Crippen LogP contribution in [0.1, 0.15) is 38.5 Å². The monoisotopic (exact) mass is 368 g/mol. The molecule has 2 unspecified atom stereocenters. The highest BCUT2D eigenvalue weighted by atomic mass is 16.6. The van der Waals surface area contributed by atoms with Crippen molar-refractivity contribution < 1.29 is 19.9 Å². The summed E-state index contributed by atoms with van der Waals surface area (Å²) >= 11 is 0. The Morgan fingerprint density at radius 3 is 1.65 bits per heavy atom. The number of nitro groups is 3. The Labute approximate surface area is 148 Å². The van der Waals surface area contributed by atoms with Crippen LogP contribution in [0.25, 0.3) is 0 Å². The van der Waals surface area contributed by atoms with Gasteiger partial charge in [0, 0.05) is 12.1 Å². The van der Waals surface area contributed by atoms with Gasteiger partial charge in [0.05, 0.1) is 26.9 Å². The lowest BCUT2D eigenvalue weighted by atomic mass is 10.0. The zero-order valence-electron chi connectivity index (χ0n) is 14.2. The molecule has 11 heteroatoms. The molecule has 0 aromatic heterocycles. The summed E-state index contributed by atoms with van der Waals surface area (Å²) in [6.45, 7) is 0. The van der Waals surface area contributed by atoms with Crippen molar-refractivity contribution in [2.24, 2.45) is 0 Å². The number of nitrogens with zero attached hydrogens (tertiary/aromatic N) is 4. The molecule has 142 valence electrons. The summed E-state index contributed by atoms with van der Waals surface area (Å²) < 4.78 is 0. The molecular weight excluding hydrogens is 348 g/mol. The SMILES string of the molecule is CN1C2CCCCCCC21.O=[N+]([O-])c1cc([N+](=O)[O-])c(O)c([N+](=O)[O-])c1. The van der Waals surface area contributed by atoms with E-state index in [1.54, 1.807) is 0 Å². The molecule has 0 spiro atoms. The highest BCUT2D eigenvalue weighted by molar-refractivity contribution is 5.64. The maximum Gasteiger partial charge on any atom is 0.324 e. The summed E-state index contributed by atoms with van der Waals surface area (Å²) in [7, 11) is 2.28. The minimum absolute atomic E-state index is 0.447. The first-order chi connectivity index (χ1) is 12.2. The van der Waals surface area contributed by atoms with Gasteiger partial charge in [-0.15, -0.1) is 0 Å². The van der Waals surface area contributed by atoms with Gasteiger partial charge in [-0.2, -0.15) is 0 Å². The molecule has 1 heterocycles. The summed E-state index contributed by atoms with van der Waals surface area (Å²) in [6.07, 6.45) is 8.87. The number of rotatable bonds is 3. The second kappa shape index (κ2) is 8.04. The van der Waals surface area contributed by atoms with E-state index < -0.39 is 37.6 Å². The molecule has 1 aromatic carbocycles. The summed E-state index contributed by atoms with van der Waals surface area (Å²) in [5, 5.41) is 40.2. The molecule has 2 fully saturated rings. The molecule has 1 aromatic rings. The Balaban J connectivity index is 0.000000206. The van der Waals surface area contributed by atoms with Gasteiger partial charge in [-0.3, -0.25) is 35.2 Å². The number of hydrogen-bond acceptors (Lipinski definition) is 8. The average molecular weight is 368 g/mol. The molecule has 2 aliphatic rings. The molecule has 0 radical (unpaired) electrons. The second-order valence-electron chi connectivity index (χ2n) is 6.40. The Bertz CT molecular complexity index is 675. The Morgan fingerprint density at radius 1 is 0.885 bits per heavy atom. The molecule has 1 aliphatic heterocycles. The van der Waals surface area contributed by atoms with Crippen molar-refractivity contribution in [1.82, 2.24) is 4.90 Å². The molecule has 1 saturated heterocycles. The molecule has 26 heavy (non-hydrogen) atoms. The van der Waals surface area contributed by atoms with Gasteiger partial charge in [-0.05, 0) is 19.9 Å². The van der Waals surface area contributed by atoms with Crippen molar-refractivity contribution in [2.45, 2.75) is 50.6 Å². The van der Waals surface area contributed by atoms with Crippen molar-refractivity contribution in [3.8, 4) is 5.75 Å². The molecule has 1 N–H and O–H groups in total. The summed E-state index contributed by atoms with van der Waals surface area (Å²) in [5.41, 5.74) is -3.00. The first-order valence-electron chi connectivity index (χ1n) is 8.26. The lowest BCUT2D eigenvalue weighted by Gasteiger charge is -2.03. The fraction of sp³-hybridized carbons (Fsp3) is 0.600. The normalized spacial score (nSPS) is 24.1. The minimum atomic E-state index is -1.21. The molecule has 0 amide bonds. The van der Waals surface area contributed by atoms with E-state index in [2.05, 4.69) is 11.9 Å². The lowest BCUT2D eigenvalue weighted by Crippen LogP contribution is -1.97. The van der Waals surface area contributed by atoms with Crippen LogP contribution in [0.5, 0.6) is 5.75 Å². The molecule has 1 saturated carbocycles. The van der Waals surface area contributed by atoms with E-state index in [1.807, 2.05) is 0 Å². The first-order valence-corrected chi connectivity index (χ1v) is 8.26. The molecule has 0 bridgehead atoms. The molecule has 3 rings (SSSR count). The number of phenolic OH excluding ortho intramolecular Hbond substituents is 1. The van der Waals surface area contributed by atoms with Crippen molar-refractivity contribution in [3.63, 3.8) is 0 Å². The molecule has 11 nitrogen and oxygen atoms in total. The van der Waals surface area contributed by atoms with E-state index in [4.69, 9.17) is 5.11 Å². The van der Waals surface area contributed by atoms with Gasteiger partial charge in [0.25, 0.3) is 11.4 Å². The highest BCUT2D eigenvalue weighted by Gasteiger charge is 2.42. The van der Waals surface area contributed by atoms with Crippen LogP contribution < -0.4 is 0 Å². The van der Waals surface area contributed by atoms with Crippen LogP contribution in [0.4, 0.5) is 17.1 Å². The third kappa shape index (κ3) is 4.42. The van der Waals surface area contributed by atoms with Crippen LogP contribution >= 0.6 is 0 Å². The third-order valence-corrected chi connectivity index (χ3v) is 4.81. The largest absolute Gasteiger partial charge is 0.497 e. The quantitative estimate of drug-likeness (QED) is 0.485. The van der Waals surface area contributed by atoms with E-state index >= 15 is 0 Å². The zero-order valence-corrected chi connectivity index (χ0v) is 14.2. The number of aromatic hydroxyl groups is 1. The highest BCUT2D eigenvalue weighted by Crippen LogP contribution is 2.39. The molecule has 2 atom stereocenters. The summed E-state index contributed by atoms with van der Waals surface area (Å²) in [4.78, 5) is 30.3. The third-order valence-electron chi connectivity index (χ3n) is 4.81. The zero-order chi connectivity index (χ0) is 19.4. The van der Waals surface area contributed by atoms with Gasteiger partial charge < -0.3 is 5.11 Å². The predicted molar refractivity (Wildman–Crippen MR) is 91.1 cm³/mol. The maximum atomic E-state index is 10.4. The van der Waals surface area contributed by atoms with Gasteiger partial charge in [0.1, 0.15) is 0 Å². The van der Waals surface area contributed by atoms with Crippen molar-refractivity contribution >= 4 is 17.1 Å². The lowest BCUT2D eigenvalue weighted by molar-refractivity contribution is -0.404. The first kappa shape index (κ1) is 19.5. The molecule has 1 aliphatic carbocycles. The van der Waals surface area contributed by atoms with Crippen LogP contribution in [0.3, 0.4) is 0 Å². The van der Waals surface area contributed by atoms with E-state index in [9.17, 15) is 30.3 Å². The number of fused-ring (bicyclic) bond motifs is 1. The van der Waals surface area contributed by atoms with E-state index in [1.165, 1.54) is 38.5 Å².